The van der Waals surface area contributed by atoms with E-state index in [0.29, 0.717) is 0 Å². The molecular weight excluding hydrogens is 202 g/mol. The maximum absolute atomic E-state index is 4.30. The van der Waals surface area contributed by atoms with E-state index in [1.807, 2.05) is 35.6 Å². The lowest BCUT2D eigenvalue weighted by molar-refractivity contribution is 0.554. The van der Waals surface area contributed by atoms with Gasteiger partial charge in [0.25, 0.3) is 0 Å². The molecule has 0 bridgehead atoms. The number of nitrogens with zero attached hydrogens (tertiary/aromatic N) is 4. The van der Waals surface area contributed by atoms with Crippen LogP contribution in [0.2, 0.25) is 0 Å². The lowest BCUT2D eigenvalue weighted by atomic mass is 10.2. The molecule has 0 atom stereocenters. The second-order valence-electron chi connectivity index (χ2n) is 3.86. The van der Waals surface area contributed by atoms with Crippen LogP contribution in [-0.4, -0.2) is 26.1 Å². The molecule has 0 saturated carbocycles. The highest BCUT2D eigenvalue weighted by atomic mass is 15.3. The molecule has 5 nitrogen and oxygen atoms in total. The van der Waals surface area contributed by atoms with E-state index < -0.39 is 0 Å². The Morgan fingerprint density at radius 1 is 1.44 bits per heavy atom. The van der Waals surface area contributed by atoms with Gasteiger partial charge in [0.1, 0.15) is 0 Å². The van der Waals surface area contributed by atoms with E-state index in [1.54, 1.807) is 6.20 Å². The first kappa shape index (κ1) is 10.9. The fourth-order valence-corrected chi connectivity index (χ4v) is 1.67. The Kier molecular flexibility index (Phi) is 3.36. The predicted molar refractivity (Wildman–Crippen MR) is 61.9 cm³/mol. The first-order valence-corrected chi connectivity index (χ1v) is 5.43. The molecule has 1 N–H and O–H groups in total. The van der Waals surface area contributed by atoms with E-state index in [9.17, 15) is 0 Å². The van der Waals surface area contributed by atoms with Crippen molar-refractivity contribution in [2.45, 2.75) is 20.0 Å². The zero-order valence-corrected chi connectivity index (χ0v) is 9.72. The maximum Gasteiger partial charge on any atom is 0.0638 e. The van der Waals surface area contributed by atoms with Crippen LogP contribution in [-0.2, 0) is 20.1 Å². The van der Waals surface area contributed by atoms with Gasteiger partial charge in [-0.2, -0.15) is 10.2 Å². The summed E-state index contributed by atoms with van der Waals surface area (Å²) in [4.78, 5) is 0. The minimum atomic E-state index is 0.862. The van der Waals surface area contributed by atoms with Crippen LogP contribution in [0.1, 0.15) is 11.3 Å². The average molecular weight is 219 g/mol. The summed E-state index contributed by atoms with van der Waals surface area (Å²) in [5.41, 5.74) is 2.34. The molecule has 0 aliphatic rings. The van der Waals surface area contributed by atoms with E-state index in [2.05, 4.69) is 21.7 Å². The molecule has 0 radical (unpaired) electrons. The van der Waals surface area contributed by atoms with E-state index in [-0.39, 0.29) is 0 Å². The summed E-state index contributed by atoms with van der Waals surface area (Å²) < 4.78 is 3.77. The molecule has 0 aliphatic carbocycles. The van der Waals surface area contributed by atoms with Crippen molar-refractivity contribution in [1.29, 1.82) is 0 Å². The van der Waals surface area contributed by atoms with Crippen molar-refractivity contribution in [1.82, 2.24) is 24.9 Å². The first-order valence-electron chi connectivity index (χ1n) is 5.43. The lowest BCUT2D eigenvalue weighted by Gasteiger charge is -2.03. The fourth-order valence-electron chi connectivity index (χ4n) is 1.67. The smallest absolute Gasteiger partial charge is 0.0638 e. The summed E-state index contributed by atoms with van der Waals surface area (Å²) in [5.74, 6) is 0. The van der Waals surface area contributed by atoms with Gasteiger partial charge in [-0.25, -0.2) is 0 Å². The van der Waals surface area contributed by atoms with E-state index in [1.165, 1.54) is 5.56 Å². The third-order valence-electron chi connectivity index (χ3n) is 2.51. The fraction of sp³-hybridized carbons (Fsp3) is 0.455. The Labute approximate surface area is 95.1 Å². The number of aromatic nitrogens is 4. The van der Waals surface area contributed by atoms with Crippen LogP contribution in [0.25, 0.3) is 0 Å². The van der Waals surface area contributed by atoms with Crippen LogP contribution in [0.15, 0.2) is 24.7 Å². The summed E-state index contributed by atoms with van der Waals surface area (Å²) in [6.45, 7) is 4.70. The van der Waals surface area contributed by atoms with Gasteiger partial charge in [-0.05, 0) is 13.0 Å². The molecule has 2 aromatic heterocycles. The summed E-state index contributed by atoms with van der Waals surface area (Å²) in [6.07, 6.45) is 5.82. The van der Waals surface area contributed by atoms with E-state index in [0.717, 1.165) is 25.3 Å². The molecule has 2 heterocycles. The van der Waals surface area contributed by atoms with Crippen LogP contribution in [0.4, 0.5) is 0 Å². The summed E-state index contributed by atoms with van der Waals surface area (Å²) in [6, 6.07) is 1.94. The SMILES string of the molecule is Cc1nn(C)cc1CNCCn1cccn1. The van der Waals surface area contributed by atoms with Crippen molar-refractivity contribution in [2.24, 2.45) is 7.05 Å². The van der Waals surface area contributed by atoms with Crippen LogP contribution in [0, 0.1) is 6.92 Å². The Morgan fingerprint density at radius 3 is 2.94 bits per heavy atom. The van der Waals surface area contributed by atoms with Crippen LogP contribution >= 0.6 is 0 Å². The van der Waals surface area contributed by atoms with Crippen molar-refractivity contribution in [3.63, 3.8) is 0 Å². The van der Waals surface area contributed by atoms with Gasteiger partial charge in [-0.1, -0.05) is 0 Å². The molecule has 86 valence electrons. The molecular formula is C11H17N5. The molecule has 0 spiro atoms. The lowest BCUT2D eigenvalue weighted by Crippen LogP contribution is -2.19. The number of hydrogen-bond donors (Lipinski definition) is 1. The van der Waals surface area contributed by atoms with Gasteiger partial charge in [0, 0.05) is 44.3 Å². The Balaban J connectivity index is 1.74. The van der Waals surface area contributed by atoms with Gasteiger partial charge in [0.15, 0.2) is 0 Å². The number of aryl methyl sites for hydroxylation is 2. The van der Waals surface area contributed by atoms with Crippen LogP contribution in [0.3, 0.4) is 0 Å². The Morgan fingerprint density at radius 2 is 2.31 bits per heavy atom. The minimum Gasteiger partial charge on any atom is -0.311 e. The van der Waals surface area contributed by atoms with Crippen molar-refractivity contribution in [2.75, 3.05) is 6.54 Å². The van der Waals surface area contributed by atoms with Gasteiger partial charge in [-0.3, -0.25) is 9.36 Å². The average Bonchev–Trinajstić information content (AvgIpc) is 2.84. The van der Waals surface area contributed by atoms with Crippen molar-refractivity contribution >= 4 is 0 Å². The topological polar surface area (TPSA) is 47.7 Å². The zero-order chi connectivity index (χ0) is 11.4. The summed E-state index contributed by atoms with van der Waals surface area (Å²) in [7, 11) is 1.94. The van der Waals surface area contributed by atoms with Gasteiger partial charge < -0.3 is 5.32 Å². The third-order valence-corrected chi connectivity index (χ3v) is 2.51. The molecule has 0 aliphatic heterocycles. The second kappa shape index (κ2) is 4.94. The monoisotopic (exact) mass is 219 g/mol. The van der Waals surface area contributed by atoms with Crippen molar-refractivity contribution < 1.29 is 0 Å². The molecule has 2 aromatic rings. The normalized spacial score (nSPS) is 10.9. The van der Waals surface area contributed by atoms with Gasteiger partial charge >= 0.3 is 0 Å². The standard InChI is InChI=1S/C11H17N5/c1-10-11(9-15(2)14-10)8-12-5-7-16-6-3-4-13-16/h3-4,6,9,12H,5,7-8H2,1-2H3. The zero-order valence-electron chi connectivity index (χ0n) is 9.72. The number of rotatable bonds is 5. The third kappa shape index (κ3) is 2.70. The molecule has 16 heavy (non-hydrogen) atoms. The second-order valence-corrected chi connectivity index (χ2v) is 3.86. The molecule has 0 aromatic carbocycles. The number of nitrogens with one attached hydrogen (secondary N) is 1. The highest BCUT2D eigenvalue weighted by Crippen LogP contribution is 2.03. The summed E-state index contributed by atoms with van der Waals surface area (Å²) in [5, 5.41) is 11.8. The molecule has 0 saturated heterocycles. The molecule has 0 fully saturated rings. The Hall–Kier alpha value is -1.62. The highest BCUT2D eigenvalue weighted by Gasteiger charge is 2.01. The predicted octanol–water partition coefficient (Wildman–Crippen LogP) is 0.715. The van der Waals surface area contributed by atoms with E-state index >= 15 is 0 Å². The molecule has 0 amide bonds. The van der Waals surface area contributed by atoms with Crippen LogP contribution in [0.5, 0.6) is 0 Å². The molecule has 2 rings (SSSR count). The Bertz CT molecular complexity index is 429. The number of hydrogen-bond acceptors (Lipinski definition) is 3. The van der Waals surface area contributed by atoms with Gasteiger partial charge in [0.05, 0.1) is 12.2 Å². The first-order chi connectivity index (χ1) is 7.75. The largest absolute Gasteiger partial charge is 0.311 e. The summed E-state index contributed by atoms with van der Waals surface area (Å²) >= 11 is 0. The van der Waals surface area contributed by atoms with E-state index in [4.69, 9.17) is 0 Å². The molecule has 0 unspecified atom stereocenters. The van der Waals surface area contributed by atoms with Gasteiger partial charge in [-0.15, -0.1) is 0 Å². The van der Waals surface area contributed by atoms with Crippen molar-refractivity contribution in [3.8, 4) is 0 Å². The van der Waals surface area contributed by atoms with Gasteiger partial charge in [0.2, 0.25) is 0 Å². The molecule has 5 heteroatoms. The van der Waals surface area contributed by atoms with Crippen LogP contribution < -0.4 is 5.32 Å². The highest BCUT2D eigenvalue weighted by molar-refractivity contribution is 5.14. The van der Waals surface area contributed by atoms with Crippen molar-refractivity contribution in [3.05, 3.63) is 35.9 Å². The quantitative estimate of drug-likeness (QED) is 0.754. The minimum absolute atomic E-state index is 0.862. The maximum atomic E-state index is 4.30.